The quantitative estimate of drug-likeness (QED) is 0.367. The van der Waals surface area contributed by atoms with Crippen LogP contribution in [0.15, 0.2) is 36.5 Å². The molecular formula is C23H26ClN5O4S. The molecule has 9 nitrogen and oxygen atoms in total. The average Bonchev–Trinajstić information content (AvgIpc) is 3.63. The van der Waals surface area contributed by atoms with Gasteiger partial charge in [-0.2, -0.15) is 4.98 Å². The number of nitrogens with one attached hydrogen (secondary N) is 3. The molecule has 2 aromatic carbocycles. The van der Waals surface area contributed by atoms with Crippen molar-refractivity contribution in [2.75, 3.05) is 29.6 Å². The summed E-state index contributed by atoms with van der Waals surface area (Å²) in [6, 6.07) is 8.79. The van der Waals surface area contributed by atoms with Gasteiger partial charge in [0.15, 0.2) is 11.5 Å². The van der Waals surface area contributed by atoms with Crippen molar-refractivity contribution in [3.05, 3.63) is 52.7 Å². The van der Waals surface area contributed by atoms with E-state index >= 15 is 0 Å². The highest BCUT2D eigenvalue weighted by Gasteiger charge is 2.35. The third-order valence-electron chi connectivity index (χ3n) is 5.36. The number of halogens is 1. The summed E-state index contributed by atoms with van der Waals surface area (Å²) < 4.78 is 37.7. The maximum Gasteiger partial charge on any atom is 0.235 e. The van der Waals surface area contributed by atoms with Crippen LogP contribution >= 0.6 is 11.6 Å². The van der Waals surface area contributed by atoms with Gasteiger partial charge in [0.1, 0.15) is 5.82 Å². The Morgan fingerprint density at radius 3 is 2.41 bits per heavy atom. The van der Waals surface area contributed by atoms with Crippen molar-refractivity contribution in [3.8, 4) is 11.5 Å². The molecule has 0 radical (unpaired) electrons. The van der Waals surface area contributed by atoms with E-state index in [2.05, 4.69) is 25.3 Å². The van der Waals surface area contributed by atoms with E-state index in [0.717, 1.165) is 16.8 Å². The molecule has 180 valence electrons. The molecule has 1 fully saturated rings. The highest BCUT2D eigenvalue weighted by atomic mass is 35.5. The third kappa shape index (κ3) is 5.28. The number of sulfonamides is 1. The van der Waals surface area contributed by atoms with Gasteiger partial charge in [-0.1, -0.05) is 11.6 Å². The van der Waals surface area contributed by atoms with Crippen molar-refractivity contribution in [1.29, 1.82) is 0 Å². The van der Waals surface area contributed by atoms with Gasteiger partial charge in [-0.15, -0.1) is 0 Å². The first-order valence-electron chi connectivity index (χ1n) is 10.6. The molecule has 1 aliphatic carbocycles. The molecule has 11 heteroatoms. The number of anilines is 5. The maximum atomic E-state index is 12.2. The van der Waals surface area contributed by atoms with Crippen LogP contribution in [-0.4, -0.2) is 37.9 Å². The van der Waals surface area contributed by atoms with Crippen molar-refractivity contribution < 1.29 is 17.9 Å². The van der Waals surface area contributed by atoms with Gasteiger partial charge in [0, 0.05) is 34.9 Å². The first-order chi connectivity index (χ1) is 16.2. The second-order valence-corrected chi connectivity index (χ2v) is 10.4. The lowest BCUT2D eigenvalue weighted by Gasteiger charge is -2.15. The van der Waals surface area contributed by atoms with Crippen LogP contribution in [0.25, 0.3) is 0 Å². The van der Waals surface area contributed by atoms with Crippen molar-refractivity contribution in [2.45, 2.75) is 31.9 Å². The Bertz CT molecular complexity index is 1330. The van der Waals surface area contributed by atoms with Gasteiger partial charge >= 0.3 is 0 Å². The molecule has 0 atom stereocenters. The summed E-state index contributed by atoms with van der Waals surface area (Å²) >= 11 is 6.29. The Balaban J connectivity index is 1.53. The fraction of sp³-hybridized carbons (Fsp3) is 0.304. The Morgan fingerprint density at radius 2 is 1.76 bits per heavy atom. The molecule has 0 bridgehead atoms. The van der Waals surface area contributed by atoms with E-state index in [0.29, 0.717) is 52.5 Å². The third-order valence-corrected chi connectivity index (χ3v) is 7.51. The van der Waals surface area contributed by atoms with E-state index in [1.54, 1.807) is 30.5 Å². The summed E-state index contributed by atoms with van der Waals surface area (Å²) in [7, 11) is -0.252. The molecule has 0 unspecified atom stereocenters. The number of benzene rings is 2. The predicted octanol–water partition coefficient (Wildman–Crippen LogP) is 5.16. The topological polar surface area (TPSA) is 114 Å². The van der Waals surface area contributed by atoms with E-state index in [9.17, 15) is 8.42 Å². The smallest absolute Gasteiger partial charge is 0.235 e. The minimum Gasteiger partial charge on any atom is -0.493 e. The largest absolute Gasteiger partial charge is 0.493 e. The Hall–Kier alpha value is -3.24. The lowest BCUT2D eigenvalue weighted by atomic mass is 10.1. The van der Waals surface area contributed by atoms with Crippen molar-refractivity contribution >= 4 is 50.5 Å². The zero-order valence-electron chi connectivity index (χ0n) is 19.3. The van der Waals surface area contributed by atoms with Crippen LogP contribution in [0, 0.1) is 13.8 Å². The van der Waals surface area contributed by atoms with Crippen LogP contribution in [0.1, 0.15) is 24.0 Å². The fourth-order valence-electron chi connectivity index (χ4n) is 3.37. The van der Waals surface area contributed by atoms with Gasteiger partial charge in [-0.25, -0.2) is 13.4 Å². The van der Waals surface area contributed by atoms with E-state index in [1.165, 1.54) is 14.2 Å². The van der Waals surface area contributed by atoms with Gasteiger partial charge < -0.3 is 20.1 Å². The summed E-state index contributed by atoms with van der Waals surface area (Å²) in [4.78, 5) is 8.93. The number of aryl methyl sites for hydroxylation is 2. The van der Waals surface area contributed by atoms with Gasteiger partial charge in [0.25, 0.3) is 0 Å². The number of ether oxygens (including phenoxy) is 2. The van der Waals surface area contributed by atoms with Gasteiger partial charge in [-0.05, 0) is 56.5 Å². The Morgan fingerprint density at radius 1 is 1.00 bits per heavy atom. The van der Waals surface area contributed by atoms with Gasteiger partial charge in [0.05, 0.1) is 24.5 Å². The predicted molar refractivity (Wildman–Crippen MR) is 135 cm³/mol. The molecule has 3 aromatic rings. The van der Waals surface area contributed by atoms with Crippen LogP contribution in [0.3, 0.4) is 0 Å². The maximum absolute atomic E-state index is 12.2. The Labute approximate surface area is 203 Å². The second kappa shape index (κ2) is 9.55. The summed E-state index contributed by atoms with van der Waals surface area (Å²) in [5, 5.41) is 6.55. The summed E-state index contributed by atoms with van der Waals surface area (Å²) in [5.74, 6) is 1.90. The normalized spacial score (nSPS) is 13.3. The van der Waals surface area contributed by atoms with E-state index in [4.69, 9.17) is 21.1 Å². The summed E-state index contributed by atoms with van der Waals surface area (Å²) in [6.07, 6.45) is 3.13. The molecular weight excluding hydrogens is 478 g/mol. The zero-order chi connectivity index (χ0) is 24.5. The number of hydrogen-bond donors (Lipinski definition) is 3. The number of methoxy groups -OCH3 is 2. The highest BCUT2D eigenvalue weighted by Crippen LogP contribution is 2.38. The number of hydrogen-bond acceptors (Lipinski definition) is 8. The van der Waals surface area contributed by atoms with E-state index < -0.39 is 10.0 Å². The molecule has 0 spiro atoms. The van der Waals surface area contributed by atoms with Crippen LogP contribution in [0.2, 0.25) is 5.02 Å². The molecule has 0 saturated heterocycles. The second-order valence-electron chi connectivity index (χ2n) is 8.04. The van der Waals surface area contributed by atoms with Crippen LogP contribution in [0.5, 0.6) is 11.5 Å². The number of rotatable bonds is 9. The molecule has 3 N–H and O–H groups in total. The molecule has 1 aromatic heterocycles. The lowest BCUT2D eigenvalue weighted by Crippen LogP contribution is -2.17. The summed E-state index contributed by atoms with van der Waals surface area (Å²) in [6.45, 7) is 3.80. The SMILES string of the molecule is COc1cc(Nc2ncc(C)c(Nc3ccc(NS(=O)(=O)C4CC4)cc3C)n2)cc(Cl)c1OC. The highest BCUT2D eigenvalue weighted by molar-refractivity contribution is 7.93. The fourth-order valence-corrected chi connectivity index (χ4v) is 5.04. The minimum absolute atomic E-state index is 0.277. The number of aromatic nitrogens is 2. The standard InChI is InChI=1S/C23H26ClN5O4S/c1-13-9-15(29-34(30,31)17-6-7-17)5-8-19(13)27-22-14(2)12-25-23(28-22)26-16-10-18(24)21(33-4)20(11-16)32-3/h5,8-12,17,29H,6-7H2,1-4H3,(H2,25,26,27,28). The van der Waals surface area contributed by atoms with Crippen LogP contribution < -0.4 is 24.8 Å². The monoisotopic (exact) mass is 503 g/mol. The average molecular weight is 504 g/mol. The van der Waals surface area contributed by atoms with Crippen molar-refractivity contribution in [3.63, 3.8) is 0 Å². The lowest BCUT2D eigenvalue weighted by molar-refractivity contribution is 0.355. The van der Waals surface area contributed by atoms with Crippen LogP contribution in [0.4, 0.5) is 28.8 Å². The zero-order valence-corrected chi connectivity index (χ0v) is 20.8. The molecule has 1 heterocycles. The minimum atomic E-state index is -3.31. The van der Waals surface area contributed by atoms with E-state index in [-0.39, 0.29) is 5.25 Å². The molecule has 34 heavy (non-hydrogen) atoms. The molecule has 0 aliphatic heterocycles. The van der Waals surface area contributed by atoms with Crippen molar-refractivity contribution in [1.82, 2.24) is 9.97 Å². The summed E-state index contributed by atoms with van der Waals surface area (Å²) in [5.41, 5.74) is 3.70. The van der Waals surface area contributed by atoms with Gasteiger partial charge in [0.2, 0.25) is 16.0 Å². The first-order valence-corrected chi connectivity index (χ1v) is 12.5. The molecule has 1 aliphatic rings. The Kier molecular flexibility index (Phi) is 6.72. The van der Waals surface area contributed by atoms with Crippen LogP contribution in [-0.2, 0) is 10.0 Å². The van der Waals surface area contributed by atoms with E-state index in [1.807, 2.05) is 19.9 Å². The molecule has 0 amide bonds. The first kappa shape index (κ1) is 23.9. The number of nitrogens with zero attached hydrogens (tertiary/aromatic N) is 2. The van der Waals surface area contributed by atoms with Gasteiger partial charge in [-0.3, -0.25) is 4.72 Å². The van der Waals surface area contributed by atoms with Crippen molar-refractivity contribution in [2.24, 2.45) is 0 Å². The molecule has 1 saturated carbocycles. The molecule has 4 rings (SSSR count).